The Morgan fingerprint density at radius 3 is 2.77 bits per heavy atom. The van der Waals surface area contributed by atoms with E-state index in [1.54, 1.807) is 11.8 Å². The van der Waals surface area contributed by atoms with Crippen LogP contribution in [-0.2, 0) is 9.53 Å². The van der Waals surface area contributed by atoms with E-state index in [2.05, 4.69) is 11.8 Å². The van der Waals surface area contributed by atoms with Crippen molar-refractivity contribution in [1.29, 1.82) is 0 Å². The van der Waals surface area contributed by atoms with Crippen LogP contribution in [0.25, 0.3) is 0 Å². The van der Waals surface area contributed by atoms with E-state index in [1.165, 1.54) is 0 Å². The summed E-state index contributed by atoms with van der Waals surface area (Å²) in [6, 6.07) is 8.07. The molecule has 0 fully saturated rings. The van der Waals surface area contributed by atoms with Crippen LogP contribution in [0.15, 0.2) is 51.3 Å². The third-order valence-electron chi connectivity index (χ3n) is 3.77. The number of unbranched alkanes of at least 4 members (excludes halogenated alkanes) is 1. The third-order valence-corrected chi connectivity index (χ3v) is 4.95. The van der Waals surface area contributed by atoms with Crippen LogP contribution in [-0.4, -0.2) is 24.0 Å². The van der Waals surface area contributed by atoms with Gasteiger partial charge in [-0.15, -0.1) is 0 Å². The number of aliphatic hydroxyl groups excluding tert-OH is 1. The van der Waals surface area contributed by atoms with Crippen LogP contribution in [0, 0.1) is 0 Å². The third kappa shape index (κ3) is 2.29. The summed E-state index contributed by atoms with van der Waals surface area (Å²) in [5.41, 5.74) is 1.61. The summed E-state index contributed by atoms with van der Waals surface area (Å²) in [6.07, 6.45) is 1.91. The van der Waals surface area contributed by atoms with Crippen LogP contribution in [0.1, 0.15) is 26.7 Å². The SMILES string of the molecule is CCCCOC1=C(O)C(=O)/C1=C1/Sc2ccccc2N1CC. The number of rotatable bonds is 5. The van der Waals surface area contributed by atoms with Crippen molar-refractivity contribution in [1.82, 2.24) is 0 Å². The second kappa shape index (κ2) is 6.08. The largest absolute Gasteiger partial charge is 0.502 e. The average molecular weight is 317 g/mol. The lowest BCUT2D eigenvalue weighted by atomic mass is 9.96. The van der Waals surface area contributed by atoms with E-state index in [-0.39, 0.29) is 11.5 Å². The molecule has 0 unspecified atom stereocenters. The molecule has 116 valence electrons. The van der Waals surface area contributed by atoms with Crippen LogP contribution in [0.3, 0.4) is 0 Å². The molecule has 22 heavy (non-hydrogen) atoms. The molecule has 0 bridgehead atoms. The van der Waals surface area contributed by atoms with Gasteiger partial charge in [-0.2, -0.15) is 0 Å². The summed E-state index contributed by atoms with van der Waals surface area (Å²) >= 11 is 1.56. The molecule has 0 saturated carbocycles. The van der Waals surface area contributed by atoms with Gasteiger partial charge in [0, 0.05) is 11.4 Å². The summed E-state index contributed by atoms with van der Waals surface area (Å²) in [5.74, 6) is -0.210. The maximum atomic E-state index is 12.1. The fourth-order valence-corrected chi connectivity index (χ4v) is 3.83. The monoisotopic (exact) mass is 317 g/mol. The molecule has 1 aliphatic heterocycles. The Labute approximate surface area is 134 Å². The number of allylic oxidation sites excluding steroid dienone is 2. The number of anilines is 1. The zero-order valence-corrected chi connectivity index (χ0v) is 13.6. The second-order valence-electron chi connectivity index (χ2n) is 5.20. The molecule has 1 aromatic carbocycles. The number of nitrogens with zero attached hydrogens (tertiary/aromatic N) is 1. The summed E-state index contributed by atoms with van der Waals surface area (Å²) in [6.45, 7) is 5.40. The Hall–Kier alpha value is -1.88. The standard InChI is InChI=1S/C17H19NO3S/c1-3-5-10-21-16-13(14(19)15(16)20)17-18(4-2)11-8-6-7-9-12(11)22-17/h6-9,20H,3-5,10H2,1-2H3/b17-13-. The molecular weight excluding hydrogens is 298 g/mol. The first-order valence-corrected chi connectivity index (χ1v) is 8.40. The molecule has 0 aromatic heterocycles. The normalized spacial score (nSPS) is 20.3. The van der Waals surface area contributed by atoms with Gasteiger partial charge in [0.15, 0.2) is 5.76 Å². The molecule has 2 aliphatic rings. The van der Waals surface area contributed by atoms with E-state index in [4.69, 9.17) is 4.74 Å². The van der Waals surface area contributed by atoms with Gasteiger partial charge in [-0.3, -0.25) is 4.79 Å². The smallest absolute Gasteiger partial charge is 0.237 e. The lowest BCUT2D eigenvalue weighted by Gasteiger charge is -2.27. The second-order valence-corrected chi connectivity index (χ2v) is 6.23. The van der Waals surface area contributed by atoms with Gasteiger partial charge >= 0.3 is 0 Å². The van der Waals surface area contributed by atoms with E-state index in [1.807, 2.05) is 31.2 Å². The van der Waals surface area contributed by atoms with E-state index in [9.17, 15) is 9.90 Å². The zero-order chi connectivity index (χ0) is 15.7. The first-order valence-electron chi connectivity index (χ1n) is 7.58. The number of fused-ring (bicyclic) bond motifs is 1. The van der Waals surface area contributed by atoms with Gasteiger partial charge in [0.25, 0.3) is 0 Å². The van der Waals surface area contributed by atoms with Crippen molar-refractivity contribution in [3.05, 3.63) is 46.4 Å². The zero-order valence-electron chi connectivity index (χ0n) is 12.8. The number of benzene rings is 1. The molecular formula is C17H19NO3S. The number of carbonyl (C=O) groups excluding carboxylic acids is 1. The number of ketones is 1. The van der Waals surface area contributed by atoms with Crippen molar-refractivity contribution in [2.45, 2.75) is 31.6 Å². The van der Waals surface area contributed by atoms with E-state index < -0.39 is 0 Å². The minimum absolute atomic E-state index is 0.244. The van der Waals surface area contributed by atoms with Gasteiger partial charge in [-0.1, -0.05) is 37.2 Å². The number of aliphatic hydroxyl groups is 1. The Bertz CT molecular complexity index is 678. The molecule has 3 rings (SSSR count). The average Bonchev–Trinajstić information content (AvgIpc) is 2.91. The highest BCUT2D eigenvalue weighted by atomic mass is 32.2. The minimum Gasteiger partial charge on any atom is -0.502 e. The molecule has 0 radical (unpaired) electrons. The lowest BCUT2D eigenvalue weighted by molar-refractivity contribution is -0.117. The topological polar surface area (TPSA) is 49.8 Å². The van der Waals surface area contributed by atoms with Crippen LogP contribution >= 0.6 is 11.8 Å². The molecule has 1 heterocycles. The fourth-order valence-electron chi connectivity index (χ4n) is 2.57. The molecule has 5 heteroatoms. The van der Waals surface area contributed by atoms with E-state index in [0.29, 0.717) is 17.9 Å². The number of hydrogen-bond donors (Lipinski definition) is 1. The van der Waals surface area contributed by atoms with Crippen LogP contribution < -0.4 is 4.90 Å². The summed E-state index contributed by atoms with van der Waals surface area (Å²) < 4.78 is 5.63. The Kier molecular flexibility index (Phi) is 4.16. The van der Waals surface area contributed by atoms with Gasteiger partial charge in [-0.25, -0.2) is 0 Å². The van der Waals surface area contributed by atoms with Crippen molar-refractivity contribution < 1.29 is 14.6 Å². The van der Waals surface area contributed by atoms with Gasteiger partial charge in [0.05, 0.1) is 17.3 Å². The van der Waals surface area contributed by atoms with Crippen molar-refractivity contribution >= 4 is 23.2 Å². The quantitative estimate of drug-likeness (QED) is 0.657. The highest BCUT2D eigenvalue weighted by molar-refractivity contribution is 8.03. The number of Topliss-reactive ketones (excluding diaryl/α,β-unsaturated/α-hetero) is 1. The van der Waals surface area contributed by atoms with E-state index >= 15 is 0 Å². The number of carbonyl (C=O) groups is 1. The minimum atomic E-state index is -0.319. The van der Waals surface area contributed by atoms with Crippen molar-refractivity contribution in [3.8, 4) is 0 Å². The van der Waals surface area contributed by atoms with Crippen molar-refractivity contribution in [2.75, 3.05) is 18.1 Å². The van der Waals surface area contributed by atoms with Crippen LogP contribution in [0.4, 0.5) is 5.69 Å². The first-order chi connectivity index (χ1) is 10.7. The van der Waals surface area contributed by atoms with Gasteiger partial charge in [0.1, 0.15) is 5.57 Å². The Balaban J connectivity index is 1.95. The molecule has 1 aliphatic carbocycles. The van der Waals surface area contributed by atoms with Gasteiger partial charge < -0.3 is 14.7 Å². The summed E-state index contributed by atoms with van der Waals surface area (Å²) in [7, 11) is 0. The Morgan fingerprint density at radius 2 is 2.05 bits per heavy atom. The van der Waals surface area contributed by atoms with Crippen LogP contribution in [0.2, 0.25) is 0 Å². The van der Waals surface area contributed by atoms with Crippen molar-refractivity contribution in [2.24, 2.45) is 0 Å². The fraction of sp³-hybridized carbons (Fsp3) is 0.353. The molecule has 4 nitrogen and oxygen atoms in total. The predicted octanol–water partition coefficient (Wildman–Crippen LogP) is 4.00. The molecule has 0 saturated heterocycles. The summed E-state index contributed by atoms with van der Waals surface area (Å²) in [4.78, 5) is 15.3. The Morgan fingerprint density at radius 1 is 1.27 bits per heavy atom. The summed E-state index contributed by atoms with van der Waals surface area (Å²) in [5, 5.41) is 10.7. The maximum Gasteiger partial charge on any atom is 0.237 e. The molecule has 0 amide bonds. The number of hydrogen-bond acceptors (Lipinski definition) is 5. The molecule has 0 spiro atoms. The van der Waals surface area contributed by atoms with Crippen LogP contribution in [0.5, 0.6) is 0 Å². The van der Waals surface area contributed by atoms with Gasteiger partial charge in [-0.05, 0) is 25.5 Å². The highest BCUT2D eigenvalue weighted by Crippen LogP contribution is 2.50. The number of para-hydroxylation sites is 1. The van der Waals surface area contributed by atoms with Crippen molar-refractivity contribution in [3.63, 3.8) is 0 Å². The number of thioether (sulfide) groups is 1. The molecule has 0 atom stereocenters. The van der Waals surface area contributed by atoms with Gasteiger partial charge in [0.2, 0.25) is 11.5 Å². The number of ether oxygens (including phenoxy) is 1. The maximum absolute atomic E-state index is 12.1. The predicted molar refractivity (Wildman–Crippen MR) is 87.9 cm³/mol. The molecule has 1 aromatic rings. The highest BCUT2D eigenvalue weighted by Gasteiger charge is 2.42. The molecule has 1 N–H and O–H groups in total. The first kappa shape index (κ1) is 15.0. The lowest BCUT2D eigenvalue weighted by Crippen LogP contribution is -2.29. The van der Waals surface area contributed by atoms with E-state index in [0.717, 1.165) is 35.0 Å².